The quantitative estimate of drug-likeness (QED) is 0.753. The molecule has 66 valence electrons. The van der Waals surface area contributed by atoms with Crippen molar-refractivity contribution in [2.75, 3.05) is 12.3 Å². The van der Waals surface area contributed by atoms with Crippen molar-refractivity contribution in [3.05, 3.63) is 15.3 Å². The Balaban J connectivity index is 2.87. The van der Waals surface area contributed by atoms with Crippen molar-refractivity contribution >= 4 is 34.6 Å². The summed E-state index contributed by atoms with van der Waals surface area (Å²) in [6.45, 7) is 2.08. The number of anilines is 1. The lowest BCUT2D eigenvalue weighted by molar-refractivity contribution is 0.0533. The van der Waals surface area contributed by atoms with E-state index in [4.69, 9.17) is 22.1 Å². The summed E-state index contributed by atoms with van der Waals surface area (Å²) in [6.07, 6.45) is 0. The van der Waals surface area contributed by atoms with Gasteiger partial charge in [0, 0.05) is 0 Å². The number of ether oxygens (including phenoxy) is 1. The molecule has 1 heterocycles. The molecular formula is C7H8ClNO2S. The van der Waals surface area contributed by atoms with Crippen LogP contribution in [0.15, 0.2) is 6.07 Å². The highest BCUT2D eigenvalue weighted by Gasteiger charge is 2.14. The SMILES string of the molecule is CCOC(=O)c1sc(Cl)cc1N. The number of hydrogen-bond acceptors (Lipinski definition) is 4. The van der Waals surface area contributed by atoms with E-state index in [1.54, 1.807) is 13.0 Å². The minimum Gasteiger partial charge on any atom is -0.462 e. The molecule has 0 bridgehead atoms. The van der Waals surface area contributed by atoms with Gasteiger partial charge < -0.3 is 10.5 Å². The molecule has 3 nitrogen and oxygen atoms in total. The van der Waals surface area contributed by atoms with E-state index in [1.807, 2.05) is 0 Å². The molecule has 0 unspecified atom stereocenters. The lowest BCUT2D eigenvalue weighted by Gasteiger charge is -1.98. The first-order valence-electron chi connectivity index (χ1n) is 3.37. The van der Waals surface area contributed by atoms with Crippen molar-refractivity contribution in [2.45, 2.75) is 6.92 Å². The van der Waals surface area contributed by atoms with E-state index in [0.717, 1.165) is 11.3 Å². The van der Waals surface area contributed by atoms with Crippen molar-refractivity contribution in [3.63, 3.8) is 0 Å². The van der Waals surface area contributed by atoms with Crippen LogP contribution in [0, 0.1) is 0 Å². The maximum Gasteiger partial charge on any atom is 0.350 e. The fraction of sp³-hybridized carbons (Fsp3) is 0.286. The van der Waals surface area contributed by atoms with Crippen LogP contribution < -0.4 is 5.73 Å². The Hall–Kier alpha value is -0.740. The van der Waals surface area contributed by atoms with Crippen LogP contribution in [0.1, 0.15) is 16.6 Å². The molecule has 0 saturated heterocycles. The number of thiophene rings is 1. The van der Waals surface area contributed by atoms with Crippen LogP contribution in [-0.4, -0.2) is 12.6 Å². The number of esters is 1. The van der Waals surface area contributed by atoms with Crippen LogP contribution in [0.5, 0.6) is 0 Å². The predicted octanol–water partition coefficient (Wildman–Crippen LogP) is 2.16. The molecule has 0 aliphatic rings. The second-order valence-electron chi connectivity index (χ2n) is 2.06. The smallest absolute Gasteiger partial charge is 0.350 e. The monoisotopic (exact) mass is 205 g/mol. The maximum absolute atomic E-state index is 11.1. The van der Waals surface area contributed by atoms with Crippen molar-refractivity contribution in [1.29, 1.82) is 0 Å². The fourth-order valence-electron chi connectivity index (χ4n) is 0.730. The lowest BCUT2D eigenvalue weighted by Crippen LogP contribution is -2.04. The van der Waals surface area contributed by atoms with Crippen LogP contribution in [0.4, 0.5) is 5.69 Å². The van der Waals surface area contributed by atoms with E-state index in [0.29, 0.717) is 21.5 Å². The second-order valence-corrected chi connectivity index (χ2v) is 3.74. The van der Waals surface area contributed by atoms with Gasteiger partial charge in [0.15, 0.2) is 0 Å². The zero-order chi connectivity index (χ0) is 9.14. The van der Waals surface area contributed by atoms with Gasteiger partial charge in [0.05, 0.1) is 16.6 Å². The topological polar surface area (TPSA) is 52.3 Å². The number of rotatable bonds is 2. The summed E-state index contributed by atoms with van der Waals surface area (Å²) in [5.41, 5.74) is 5.88. The molecule has 1 aromatic heterocycles. The van der Waals surface area contributed by atoms with Crippen LogP contribution in [0.3, 0.4) is 0 Å². The molecular weight excluding hydrogens is 198 g/mol. The number of carbonyl (C=O) groups excluding carboxylic acids is 1. The summed E-state index contributed by atoms with van der Waals surface area (Å²) in [5.74, 6) is -0.410. The van der Waals surface area contributed by atoms with Gasteiger partial charge in [-0.15, -0.1) is 11.3 Å². The summed E-state index contributed by atoms with van der Waals surface area (Å²) in [6, 6.07) is 1.54. The standard InChI is InChI=1S/C7H8ClNO2S/c1-2-11-7(10)6-4(9)3-5(8)12-6/h3H,2,9H2,1H3. The summed E-state index contributed by atoms with van der Waals surface area (Å²) >= 11 is 6.77. The number of hydrogen-bond donors (Lipinski definition) is 1. The molecule has 2 N–H and O–H groups in total. The van der Waals surface area contributed by atoms with E-state index in [1.165, 1.54) is 0 Å². The van der Waals surface area contributed by atoms with Gasteiger partial charge in [0.25, 0.3) is 0 Å². The minimum atomic E-state index is -0.410. The van der Waals surface area contributed by atoms with Crippen LogP contribution >= 0.6 is 22.9 Å². The number of nitrogens with two attached hydrogens (primary N) is 1. The van der Waals surface area contributed by atoms with E-state index >= 15 is 0 Å². The summed E-state index contributed by atoms with van der Waals surface area (Å²) in [4.78, 5) is 11.5. The van der Waals surface area contributed by atoms with Gasteiger partial charge in [-0.1, -0.05) is 11.6 Å². The normalized spacial score (nSPS) is 9.83. The molecule has 0 saturated carbocycles. The Morgan fingerprint density at radius 2 is 2.50 bits per heavy atom. The predicted molar refractivity (Wildman–Crippen MR) is 49.7 cm³/mol. The first-order chi connectivity index (χ1) is 5.65. The van der Waals surface area contributed by atoms with Crippen LogP contribution in [0.25, 0.3) is 0 Å². The van der Waals surface area contributed by atoms with Gasteiger partial charge in [-0.25, -0.2) is 4.79 Å². The molecule has 0 radical (unpaired) electrons. The van der Waals surface area contributed by atoms with Gasteiger partial charge in [-0.3, -0.25) is 0 Å². The third-order valence-electron chi connectivity index (χ3n) is 1.19. The molecule has 0 aliphatic carbocycles. The van der Waals surface area contributed by atoms with Crippen LogP contribution in [0.2, 0.25) is 4.34 Å². The van der Waals surface area contributed by atoms with Crippen molar-refractivity contribution in [1.82, 2.24) is 0 Å². The molecule has 1 aromatic rings. The Morgan fingerprint density at radius 1 is 1.83 bits per heavy atom. The highest BCUT2D eigenvalue weighted by atomic mass is 35.5. The average molecular weight is 206 g/mol. The largest absolute Gasteiger partial charge is 0.462 e. The number of nitrogen functional groups attached to an aromatic ring is 1. The number of carbonyl (C=O) groups is 1. The maximum atomic E-state index is 11.1. The molecule has 0 amide bonds. The number of halogens is 1. The van der Waals surface area contributed by atoms with Gasteiger partial charge >= 0.3 is 5.97 Å². The van der Waals surface area contributed by atoms with E-state index in [9.17, 15) is 4.79 Å². The zero-order valence-electron chi connectivity index (χ0n) is 6.46. The van der Waals surface area contributed by atoms with E-state index in [-0.39, 0.29) is 0 Å². The van der Waals surface area contributed by atoms with E-state index in [2.05, 4.69) is 0 Å². The van der Waals surface area contributed by atoms with Gasteiger partial charge in [-0.05, 0) is 13.0 Å². The molecule has 1 rings (SSSR count). The molecule has 0 aliphatic heterocycles. The Kier molecular flexibility index (Phi) is 2.94. The third-order valence-corrected chi connectivity index (χ3v) is 2.45. The van der Waals surface area contributed by atoms with Gasteiger partial charge in [0.2, 0.25) is 0 Å². The molecule has 0 spiro atoms. The first kappa shape index (κ1) is 9.35. The minimum absolute atomic E-state index is 0.341. The fourth-order valence-corrected chi connectivity index (χ4v) is 1.78. The summed E-state index contributed by atoms with van der Waals surface area (Å²) < 4.78 is 5.25. The third kappa shape index (κ3) is 1.89. The summed E-state index contributed by atoms with van der Waals surface area (Å²) in [7, 11) is 0. The van der Waals surface area contributed by atoms with E-state index < -0.39 is 5.97 Å². The second kappa shape index (κ2) is 3.78. The average Bonchev–Trinajstić information content (AvgIpc) is 2.30. The molecule has 5 heteroatoms. The Labute approximate surface area is 79.1 Å². The van der Waals surface area contributed by atoms with Crippen molar-refractivity contribution < 1.29 is 9.53 Å². The first-order valence-corrected chi connectivity index (χ1v) is 4.56. The molecule has 0 aromatic carbocycles. The highest BCUT2D eigenvalue weighted by Crippen LogP contribution is 2.29. The molecule has 12 heavy (non-hydrogen) atoms. The van der Waals surface area contributed by atoms with Gasteiger partial charge in [-0.2, -0.15) is 0 Å². The Morgan fingerprint density at radius 3 is 2.92 bits per heavy atom. The summed E-state index contributed by atoms with van der Waals surface area (Å²) in [5, 5.41) is 0. The Bertz CT molecular complexity index is 298. The van der Waals surface area contributed by atoms with Crippen molar-refractivity contribution in [3.8, 4) is 0 Å². The lowest BCUT2D eigenvalue weighted by atomic mass is 10.4. The van der Waals surface area contributed by atoms with Crippen molar-refractivity contribution in [2.24, 2.45) is 0 Å². The highest BCUT2D eigenvalue weighted by molar-refractivity contribution is 7.18. The van der Waals surface area contributed by atoms with Gasteiger partial charge in [0.1, 0.15) is 4.88 Å². The van der Waals surface area contributed by atoms with Crippen LogP contribution in [-0.2, 0) is 4.74 Å². The molecule has 0 fully saturated rings. The zero-order valence-corrected chi connectivity index (χ0v) is 8.04. The molecule has 0 atom stereocenters.